The molecule has 6 nitrogen and oxygen atoms in total. The molecule has 0 fully saturated rings. The second-order valence-corrected chi connectivity index (χ2v) is 5.37. The Bertz CT molecular complexity index is 755. The van der Waals surface area contributed by atoms with Crippen molar-refractivity contribution in [2.45, 2.75) is 6.42 Å². The quantitative estimate of drug-likeness (QED) is 0.453. The Balaban J connectivity index is 1.81. The first kappa shape index (κ1) is 17.7. The smallest absolute Gasteiger partial charge is 0.293 e. The SMILES string of the molecule is O=C(NCCCNc1ccc(Cl)cc1[N+](=O)[O-])c1ccccc1F. The molecule has 1 amide bonds. The number of nitro groups is 1. The third kappa shape index (κ3) is 4.66. The Morgan fingerprint density at radius 3 is 2.67 bits per heavy atom. The van der Waals surface area contributed by atoms with Gasteiger partial charge in [0, 0.05) is 24.2 Å². The van der Waals surface area contributed by atoms with Gasteiger partial charge in [-0.1, -0.05) is 23.7 Å². The molecule has 24 heavy (non-hydrogen) atoms. The van der Waals surface area contributed by atoms with E-state index in [4.69, 9.17) is 11.6 Å². The minimum Gasteiger partial charge on any atom is -0.379 e. The molecule has 2 aromatic rings. The van der Waals surface area contributed by atoms with Crippen LogP contribution in [0.15, 0.2) is 42.5 Å². The highest BCUT2D eigenvalue weighted by molar-refractivity contribution is 6.30. The number of nitrogens with one attached hydrogen (secondary N) is 2. The van der Waals surface area contributed by atoms with Crippen LogP contribution in [0.3, 0.4) is 0 Å². The van der Waals surface area contributed by atoms with Gasteiger partial charge in [0.25, 0.3) is 11.6 Å². The molecule has 0 bridgehead atoms. The summed E-state index contributed by atoms with van der Waals surface area (Å²) in [4.78, 5) is 22.2. The van der Waals surface area contributed by atoms with Gasteiger partial charge in [-0.2, -0.15) is 0 Å². The largest absolute Gasteiger partial charge is 0.379 e. The maximum atomic E-state index is 13.4. The van der Waals surface area contributed by atoms with Gasteiger partial charge in [0.05, 0.1) is 10.5 Å². The van der Waals surface area contributed by atoms with E-state index in [0.717, 1.165) is 0 Å². The van der Waals surface area contributed by atoms with E-state index < -0.39 is 16.6 Å². The first-order valence-electron chi connectivity index (χ1n) is 7.19. The average Bonchev–Trinajstić information content (AvgIpc) is 2.55. The number of amides is 1. The summed E-state index contributed by atoms with van der Waals surface area (Å²) in [7, 11) is 0. The van der Waals surface area contributed by atoms with E-state index in [1.54, 1.807) is 12.1 Å². The van der Waals surface area contributed by atoms with Crippen LogP contribution in [-0.2, 0) is 0 Å². The summed E-state index contributed by atoms with van der Waals surface area (Å²) in [5.74, 6) is -1.07. The van der Waals surface area contributed by atoms with Gasteiger partial charge in [-0.25, -0.2) is 4.39 Å². The van der Waals surface area contributed by atoms with Crippen molar-refractivity contribution in [3.05, 3.63) is 69.0 Å². The Morgan fingerprint density at radius 1 is 1.21 bits per heavy atom. The predicted octanol–water partition coefficient (Wildman–Crippen LogP) is 3.62. The van der Waals surface area contributed by atoms with E-state index in [9.17, 15) is 19.3 Å². The number of carbonyl (C=O) groups is 1. The molecule has 0 heterocycles. The highest BCUT2D eigenvalue weighted by Crippen LogP contribution is 2.27. The molecule has 126 valence electrons. The second-order valence-electron chi connectivity index (χ2n) is 4.93. The van der Waals surface area contributed by atoms with Crippen LogP contribution < -0.4 is 10.6 Å². The predicted molar refractivity (Wildman–Crippen MR) is 89.9 cm³/mol. The molecule has 8 heteroatoms. The molecule has 2 rings (SSSR count). The van der Waals surface area contributed by atoms with E-state index >= 15 is 0 Å². The van der Waals surface area contributed by atoms with Gasteiger partial charge in [0.2, 0.25) is 0 Å². The van der Waals surface area contributed by atoms with Crippen LogP contribution in [-0.4, -0.2) is 23.9 Å². The molecule has 0 saturated heterocycles. The molecular formula is C16H15ClFN3O3. The van der Waals surface area contributed by atoms with Gasteiger partial charge in [0.15, 0.2) is 0 Å². The number of benzene rings is 2. The lowest BCUT2D eigenvalue weighted by atomic mass is 10.2. The molecule has 0 aliphatic rings. The lowest BCUT2D eigenvalue weighted by Gasteiger charge is -2.09. The molecule has 0 aliphatic carbocycles. The highest BCUT2D eigenvalue weighted by Gasteiger charge is 2.14. The number of nitrogens with zero attached hydrogens (tertiary/aromatic N) is 1. The molecule has 0 atom stereocenters. The van der Waals surface area contributed by atoms with Gasteiger partial charge >= 0.3 is 0 Å². The first-order chi connectivity index (χ1) is 11.5. The fourth-order valence-electron chi connectivity index (χ4n) is 2.06. The summed E-state index contributed by atoms with van der Waals surface area (Å²) in [5, 5.41) is 16.8. The number of hydrogen-bond donors (Lipinski definition) is 2. The van der Waals surface area contributed by atoms with Gasteiger partial charge in [-0.05, 0) is 30.7 Å². The minimum absolute atomic E-state index is 0.0150. The molecule has 0 aliphatic heterocycles. The summed E-state index contributed by atoms with van der Waals surface area (Å²) in [6.07, 6.45) is 0.514. The van der Waals surface area contributed by atoms with Crippen LogP contribution >= 0.6 is 11.6 Å². The minimum atomic E-state index is -0.579. The number of carbonyl (C=O) groups excluding carboxylic acids is 1. The standard InChI is InChI=1S/C16H15ClFN3O3/c17-11-6-7-14(15(10-11)21(23)24)19-8-3-9-20-16(22)12-4-1-2-5-13(12)18/h1-2,4-7,10,19H,3,8-9H2,(H,20,22). The normalized spacial score (nSPS) is 10.2. The van der Waals surface area contributed by atoms with Crippen molar-refractivity contribution < 1.29 is 14.1 Å². The van der Waals surface area contributed by atoms with Crippen LogP contribution in [0, 0.1) is 15.9 Å². The van der Waals surface area contributed by atoms with Crippen LogP contribution in [0.1, 0.15) is 16.8 Å². The van der Waals surface area contributed by atoms with E-state index in [2.05, 4.69) is 10.6 Å². The zero-order chi connectivity index (χ0) is 17.5. The topological polar surface area (TPSA) is 84.3 Å². The highest BCUT2D eigenvalue weighted by atomic mass is 35.5. The Hall–Kier alpha value is -2.67. The summed E-state index contributed by atoms with van der Waals surface area (Å²) < 4.78 is 13.4. The van der Waals surface area contributed by atoms with Crippen molar-refractivity contribution in [2.75, 3.05) is 18.4 Å². The summed E-state index contributed by atoms with van der Waals surface area (Å²) in [6.45, 7) is 0.710. The molecule has 0 radical (unpaired) electrons. The Morgan fingerprint density at radius 2 is 1.96 bits per heavy atom. The lowest BCUT2D eigenvalue weighted by molar-refractivity contribution is -0.383. The van der Waals surface area contributed by atoms with Gasteiger partial charge < -0.3 is 10.6 Å². The molecule has 0 spiro atoms. The number of anilines is 1. The molecule has 0 aromatic heterocycles. The van der Waals surface area contributed by atoms with E-state index in [1.807, 2.05) is 0 Å². The van der Waals surface area contributed by atoms with Crippen molar-refractivity contribution in [3.8, 4) is 0 Å². The van der Waals surface area contributed by atoms with Gasteiger partial charge in [0.1, 0.15) is 11.5 Å². The number of hydrogen-bond acceptors (Lipinski definition) is 4. The van der Waals surface area contributed by atoms with Crippen molar-refractivity contribution in [2.24, 2.45) is 0 Å². The molecule has 2 N–H and O–H groups in total. The maximum absolute atomic E-state index is 13.4. The fourth-order valence-corrected chi connectivity index (χ4v) is 2.23. The van der Waals surface area contributed by atoms with E-state index in [1.165, 1.54) is 30.3 Å². The van der Waals surface area contributed by atoms with Crippen LogP contribution in [0.4, 0.5) is 15.8 Å². The van der Waals surface area contributed by atoms with Crippen molar-refractivity contribution in [1.29, 1.82) is 0 Å². The van der Waals surface area contributed by atoms with Gasteiger partial charge in [-0.15, -0.1) is 0 Å². The molecule has 0 unspecified atom stereocenters. The number of nitro benzene ring substituents is 1. The van der Waals surface area contributed by atoms with E-state index in [0.29, 0.717) is 25.2 Å². The average molecular weight is 352 g/mol. The van der Waals surface area contributed by atoms with E-state index in [-0.39, 0.29) is 16.3 Å². The molecular weight excluding hydrogens is 337 g/mol. The monoisotopic (exact) mass is 351 g/mol. The van der Waals surface area contributed by atoms with Crippen LogP contribution in [0.2, 0.25) is 5.02 Å². The lowest BCUT2D eigenvalue weighted by Crippen LogP contribution is -2.26. The zero-order valence-corrected chi connectivity index (χ0v) is 13.3. The second kappa shape index (κ2) is 8.26. The third-order valence-corrected chi connectivity index (χ3v) is 3.46. The first-order valence-corrected chi connectivity index (χ1v) is 7.57. The maximum Gasteiger partial charge on any atom is 0.293 e. The van der Waals surface area contributed by atoms with Crippen molar-refractivity contribution in [3.63, 3.8) is 0 Å². The summed E-state index contributed by atoms with van der Waals surface area (Å²) in [5.41, 5.74) is 0.224. The molecule has 0 saturated carbocycles. The Labute approximate surface area is 142 Å². The van der Waals surface area contributed by atoms with Crippen LogP contribution in [0.5, 0.6) is 0 Å². The summed E-state index contributed by atoms with van der Waals surface area (Å²) >= 11 is 5.74. The van der Waals surface area contributed by atoms with Gasteiger partial charge in [-0.3, -0.25) is 14.9 Å². The molecule has 2 aromatic carbocycles. The van der Waals surface area contributed by atoms with Crippen LogP contribution in [0.25, 0.3) is 0 Å². The zero-order valence-electron chi connectivity index (χ0n) is 12.6. The van der Waals surface area contributed by atoms with Crippen molar-refractivity contribution >= 4 is 28.9 Å². The van der Waals surface area contributed by atoms with Crippen molar-refractivity contribution in [1.82, 2.24) is 5.32 Å². The number of halogens is 2. The summed E-state index contributed by atoms with van der Waals surface area (Å²) in [6, 6.07) is 10.1. The fraction of sp³-hybridized carbons (Fsp3) is 0.188. The Kier molecular flexibility index (Phi) is 6.08. The third-order valence-electron chi connectivity index (χ3n) is 3.23. The number of rotatable bonds is 7.